The molecule has 0 aliphatic heterocycles. The van der Waals surface area contributed by atoms with E-state index in [-0.39, 0.29) is 18.3 Å². The molecule has 3 nitrogen and oxygen atoms in total. The third-order valence-electron chi connectivity index (χ3n) is 2.19. The van der Waals surface area contributed by atoms with Crippen molar-refractivity contribution in [1.82, 2.24) is 10.6 Å². The van der Waals surface area contributed by atoms with Gasteiger partial charge in [0.1, 0.15) is 0 Å². The highest BCUT2D eigenvalue weighted by atomic mass is 127. The van der Waals surface area contributed by atoms with Crippen LogP contribution >= 0.6 is 46.6 Å². The van der Waals surface area contributed by atoms with Gasteiger partial charge in [-0.2, -0.15) is 0 Å². The van der Waals surface area contributed by atoms with Gasteiger partial charge in [-0.05, 0) is 53.8 Å². The van der Waals surface area contributed by atoms with Gasteiger partial charge >= 0.3 is 0 Å². The van der Waals surface area contributed by atoms with Crippen LogP contribution in [0, 0.1) is 3.57 Å². The SMILES string of the molecule is CCCNCCNC(=O)c1cc(Cl)ccc1I.Cl. The summed E-state index contributed by atoms with van der Waals surface area (Å²) in [5.74, 6) is -0.0739. The first kappa shape index (κ1) is 18.0. The van der Waals surface area contributed by atoms with Gasteiger partial charge in [0.25, 0.3) is 5.91 Å². The van der Waals surface area contributed by atoms with Crippen molar-refractivity contribution in [2.24, 2.45) is 0 Å². The fourth-order valence-corrected chi connectivity index (χ4v) is 2.09. The Morgan fingerprint density at radius 2 is 2.06 bits per heavy atom. The number of halogens is 3. The van der Waals surface area contributed by atoms with Crippen LogP contribution in [0.3, 0.4) is 0 Å². The van der Waals surface area contributed by atoms with Gasteiger partial charge < -0.3 is 10.6 Å². The Bertz CT molecular complexity index is 388. The Labute approximate surface area is 133 Å². The van der Waals surface area contributed by atoms with Gasteiger partial charge in [0.2, 0.25) is 0 Å². The van der Waals surface area contributed by atoms with Gasteiger partial charge in [0, 0.05) is 21.7 Å². The van der Waals surface area contributed by atoms with E-state index in [2.05, 4.69) is 40.1 Å². The van der Waals surface area contributed by atoms with Crippen molar-refractivity contribution in [3.8, 4) is 0 Å². The molecule has 102 valence electrons. The molecule has 0 saturated heterocycles. The zero-order valence-corrected chi connectivity index (χ0v) is 13.9. The van der Waals surface area contributed by atoms with E-state index in [4.69, 9.17) is 11.6 Å². The molecule has 0 fully saturated rings. The van der Waals surface area contributed by atoms with Crippen molar-refractivity contribution in [2.45, 2.75) is 13.3 Å². The quantitative estimate of drug-likeness (QED) is 0.567. The number of benzene rings is 1. The fourth-order valence-electron chi connectivity index (χ4n) is 1.33. The molecule has 18 heavy (non-hydrogen) atoms. The summed E-state index contributed by atoms with van der Waals surface area (Å²) in [6.07, 6.45) is 1.10. The van der Waals surface area contributed by atoms with E-state index in [1.54, 1.807) is 12.1 Å². The van der Waals surface area contributed by atoms with Gasteiger partial charge in [0.05, 0.1) is 5.56 Å². The average Bonchev–Trinajstić information content (AvgIpc) is 2.32. The fraction of sp³-hybridized carbons (Fsp3) is 0.417. The maximum Gasteiger partial charge on any atom is 0.252 e. The van der Waals surface area contributed by atoms with Crippen LogP contribution in [-0.4, -0.2) is 25.5 Å². The van der Waals surface area contributed by atoms with E-state index >= 15 is 0 Å². The molecule has 1 rings (SSSR count). The Morgan fingerprint density at radius 1 is 1.33 bits per heavy atom. The zero-order valence-electron chi connectivity index (χ0n) is 10.1. The number of rotatable bonds is 6. The highest BCUT2D eigenvalue weighted by Crippen LogP contribution is 2.17. The molecule has 0 unspecified atom stereocenters. The summed E-state index contributed by atoms with van der Waals surface area (Å²) in [5.41, 5.74) is 0.633. The van der Waals surface area contributed by atoms with Gasteiger partial charge in [-0.25, -0.2) is 0 Å². The summed E-state index contributed by atoms with van der Waals surface area (Å²) >= 11 is 8.00. The second-order valence-electron chi connectivity index (χ2n) is 3.63. The van der Waals surface area contributed by atoms with Crippen LogP contribution in [0.5, 0.6) is 0 Å². The van der Waals surface area contributed by atoms with E-state index in [1.807, 2.05) is 6.07 Å². The zero-order chi connectivity index (χ0) is 12.7. The maximum atomic E-state index is 11.8. The monoisotopic (exact) mass is 402 g/mol. The Kier molecular flexibility index (Phi) is 9.81. The molecular weight excluding hydrogens is 386 g/mol. The highest BCUT2D eigenvalue weighted by molar-refractivity contribution is 14.1. The van der Waals surface area contributed by atoms with Crippen LogP contribution in [0.1, 0.15) is 23.7 Å². The number of carbonyl (C=O) groups is 1. The van der Waals surface area contributed by atoms with Crippen molar-refractivity contribution >= 4 is 52.5 Å². The van der Waals surface area contributed by atoms with Crippen molar-refractivity contribution in [3.05, 3.63) is 32.4 Å². The molecule has 2 N–H and O–H groups in total. The summed E-state index contributed by atoms with van der Waals surface area (Å²) in [5, 5.41) is 6.67. The molecule has 0 aliphatic carbocycles. The van der Waals surface area contributed by atoms with E-state index in [0.717, 1.165) is 23.1 Å². The van der Waals surface area contributed by atoms with Crippen molar-refractivity contribution < 1.29 is 4.79 Å². The molecule has 0 atom stereocenters. The minimum absolute atomic E-state index is 0. The smallest absolute Gasteiger partial charge is 0.252 e. The standard InChI is InChI=1S/C12H16ClIN2O.ClH/c1-2-5-15-6-7-16-12(17)10-8-9(13)3-4-11(10)14;/h3-4,8,15H,2,5-7H2,1H3,(H,16,17);1H. The lowest BCUT2D eigenvalue weighted by atomic mass is 10.2. The summed E-state index contributed by atoms with van der Waals surface area (Å²) < 4.78 is 0.908. The predicted octanol–water partition coefficient (Wildman–Crippen LogP) is 3.10. The topological polar surface area (TPSA) is 41.1 Å². The van der Waals surface area contributed by atoms with Crippen molar-refractivity contribution in [3.63, 3.8) is 0 Å². The van der Waals surface area contributed by atoms with E-state index in [9.17, 15) is 4.79 Å². The van der Waals surface area contributed by atoms with Gasteiger partial charge in [-0.3, -0.25) is 4.79 Å². The van der Waals surface area contributed by atoms with E-state index in [1.165, 1.54) is 0 Å². The summed E-state index contributed by atoms with van der Waals surface area (Å²) in [7, 11) is 0. The lowest BCUT2D eigenvalue weighted by Crippen LogP contribution is -2.32. The summed E-state index contributed by atoms with van der Waals surface area (Å²) in [4.78, 5) is 11.8. The largest absolute Gasteiger partial charge is 0.351 e. The average molecular weight is 403 g/mol. The molecule has 1 aromatic carbocycles. The number of nitrogens with one attached hydrogen (secondary N) is 2. The Balaban J connectivity index is 0.00000289. The molecule has 0 aliphatic rings. The second-order valence-corrected chi connectivity index (χ2v) is 5.23. The molecule has 0 radical (unpaired) electrons. The third-order valence-corrected chi connectivity index (χ3v) is 3.36. The molecular formula is C12H17Cl2IN2O. The molecule has 0 aromatic heterocycles. The van der Waals surface area contributed by atoms with Crippen LogP contribution in [0.15, 0.2) is 18.2 Å². The summed E-state index contributed by atoms with van der Waals surface area (Å²) in [6.45, 7) is 4.50. The second kappa shape index (κ2) is 9.83. The molecule has 1 amide bonds. The van der Waals surface area contributed by atoms with E-state index in [0.29, 0.717) is 17.1 Å². The first-order valence-electron chi connectivity index (χ1n) is 5.59. The van der Waals surface area contributed by atoms with Crippen LogP contribution < -0.4 is 10.6 Å². The summed E-state index contributed by atoms with van der Waals surface area (Å²) in [6, 6.07) is 5.31. The van der Waals surface area contributed by atoms with Gasteiger partial charge in [-0.15, -0.1) is 12.4 Å². The molecule has 0 saturated carbocycles. The Morgan fingerprint density at radius 3 is 2.72 bits per heavy atom. The van der Waals surface area contributed by atoms with Crippen LogP contribution in [0.4, 0.5) is 0 Å². The number of hydrogen-bond acceptors (Lipinski definition) is 2. The minimum Gasteiger partial charge on any atom is -0.351 e. The molecule has 0 heterocycles. The number of hydrogen-bond donors (Lipinski definition) is 2. The molecule has 1 aromatic rings. The van der Waals surface area contributed by atoms with Crippen molar-refractivity contribution in [1.29, 1.82) is 0 Å². The van der Waals surface area contributed by atoms with Gasteiger partial charge in [-0.1, -0.05) is 18.5 Å². The first-order valence-corrected chi connectivity index (χ1v) is 7.04. The number of amides is 1. The highest BCUT2D eigenvalue weighted by Gasteiger charge is 2.09. The van der Waals surface area contributed by atoms with Crippen molar-refractivity contribution in [2.75, 3.05) is 19.6 Å². The van der Waals surface area contributed by atoms with Gasteiger partial charge in [0.15, 0.2) is 0 Å². The molecule has 6 heteroatoms. The Hall–Kier alpha value is -0.0400. The lowest BCUT2D eigenvalue weighted by Gasteiger charge is -2.07. The normalized spacial score (nSPS) is 9.72. The predicted molar refractivity (Wildman–Crippen MR) is 86.9 cm³/mol. The first-order chi connectivity index (χ1) is 8.15. The minimum atomic E-state index is -0.0739. The number of carbonyl (C=O) groups excluding carboxylic acids is 1. The van der Waals surface area contributed by atoms with Crippen LogP contribution in [-0.2, 0) is 0 Å². The maximum absolute atomic E-state index is 11.8. The lowest BCUT2D eigenvalue weighted by molar-refractivity contribution is 0.0953. The molecule has 0 bridgehead atoms. The van der Waals surface area contributed by atoms with E-state index < -0.39 is 0 Å². The third kappa shape index (κ3) is 6.22. The molecule has 0 spiro atoms. The van der Waals surface area contributed by atoms with Crippen LogP contribution in [0.2, 0.25) is 5.02 Å². The van der Waals surface area contributed by atoms with Crippen LogP contribution in [0.25, 0.3) is 0 Å².